The van der Waals surface area contributed by atoms with Gasteiger partial charge in [-0.3, -0.25) is 9.59 Å². The van der Waals surface area contributed by atoms with E-state index in [2.05, 4.69) is 0 Å². The van der Waals surface area contributed by atoms with Crippen LogP contribution in [0.2, 0.25) is 0 Å². The topological polar surface area (TPSA) is 72.6 Å². The fourth-order valence-electron chi connectivity index (χ4n) is 2.59. The summed E-state index contributed by atoms with van der Waals surface area (Å²) in [5.74, 6) is -0.546. The average molecular weight is 308 g/mol. The number of rotatable bonds is 4. The van der Waals surface area contributed by atoms with E-state index in [9.17, 15) is 14.0 Å². The molecular weight excluding hydrogens is 287 g/mol. The van der Waals surface area contributed by atoms with E-state index in [1.165, 1.54) is 24.3 Å². The number of amides is 2. The third-order valence-corrected chi connectivity index (χ3v) is 3.89. The Bertz CT molecular complexity index is 549. The summed E-state index contributed by atoms with van der Waals surface area (Å²) in [6.07, 6.45) is 1.15. The quantitative estimate of drug-likeness (QED) is 0.920. The normalized spacial score (nSPS) is 16.4. The van der Waals surface area contributed by atoms with E-state index in [1.807, 2.05) is 0 Å². The number of hydrogen-bond acceptors (Lipinski definition) is 3. The van der Waals surface area contributed by atoms with Crippen LogP contribution in [0.3, 0.4) is 0 Å². The Labute approximate surface area is 129 Å². The van der Waals surface area contributed by atoms with Crippen molar-refractivity contribution in [1.29, 1.82) is 0 Å². The molecule has 1 aliphatic heterocycles. The molecule has 22 heavy (non-hydrogen) atoms. The van der Waals surface area contributed by atoms with Crippen molar-refractivity contribution >= 4 is 11.8 Å². The minimum Gasteiger partial charge on any atom is -0.478 e. The lowest BCUT2D eigenvalue weighted by molar-refractivity contribution is -0.147. The van der Waals surface area contributed by atoms with Crippen molar-refractivity contribution in [3.8, 4) is 5.75 Å². The second kappa shape index (κ2) is 6.34. The van der Waals surface area contributed by atoms with Gasteiger partial charge in [0.25, 0.3) is 5.91 Å². The number of carbonyl (C=O) groups excluding carboxylic acids is 2. The van der Waals surface area contributed by atoms with Crippen LogP contribution in [0.15, 0.2) is 24.3 Å². The molecule has 1 fully saturated rings. The molecule has 120 valence electrons. The van der Waals surface area contributed by atoms with Crippen LogP contribution in [-0.2, 0) is 9.59 Å². The van der Waals surface area contributed by atoms with Crippen LogP contribution >= 0.6 is 0 Å². The molecule has 0 spiro atoms. The number of nitrogens with two attached hydrogens (primary N) is 1. The zero-order valence-electron chi connectivity index (χ0n) is 12.8. The highest BCUT2D eigenvalue weighted by atomic mass is 19.1. The fraction of sp³-hybridized carbons (Fsp3) is 0.500. The first kappa shape index (κ1) is 16.3. The van der Waals surface area contributed by atoms with Gasteiger partial charge in [0.15, 0.2) is 5.60 Å². The lowest BCUT2D eigenvalue weighted by Crippen LogP contribution is -2.52. The molecule has 5 nitrogen and oxygen atoms in total. The number of hydrogen-bond donors (Lipinski definition) is 1. The van der Waals surface area contributed by atoms with E-state index in [-0.39, 0.29) is 23.5 Å². The lowest BCUT2D eigenvalue weighted by atomic mass is 9.95. The summed E-state index contributed by atoms with van der Waals surface area (Å²) >= 11 is 0. The van der Waals surface area contributed by atoms with Crippen LogP contribution in [0.1, 0.15) is 26.7 Å². The Morgan fingerprint density at radius 2 is 1.77 bits per heavy atom. The van der Waals surface area contributed by atoms with Crippen molar-refractivity contribution in [3.05, 3.63) is 30.1 Å². The summed E-state index contributed by atoms with van der Waals surface area (Å²) in [6, 6.07) is 5.55. The third-order valence-electron chi connectivity index (χ3n) is 3.89. The van der Waals surface area contributed by atoms with Crippen molar-refractivity contribution in [2.24, 2.45) is 11.7 Å². The zero-order valence-corrected chi connectivity index (χ0v) is 12.8. The molecule has 2 rings (SSSR count). The third kappa shape index (κ3) is 3.75. The SMILES string of the molecule is CC(C)(Oc1ccc(F)cc1)C(=O)N1CCC(C(N)=O)CC1. The standard InChI is InChI=1S/C16H21FN2O3/c1-16(2,22-13-5-3-12(17)4-6-13)15(21)19-9-7-11(8-10-19)14(18)20/h3-6,11H,7-10H2,1-2H3,(H2,18,20). The summed E-state index contributed by atoms with van der Waals surface area (Å²) in [4.78, 5) is 25.4. The number of likely N-dealkylation sites (tertiary alicyclic amines) is 1. The molecule has 6 heteroatoms. The van der Waals surface area contributed by atoms with Gasteiger partial charge in [0.05, 0.1) is 0 Å². The van der Waals surface area contributed by atoms with Crippen molar-refractivity contribution < 1.29 is 18.7 Å². The molecule has 1 aliphatic rings. The zero-order chi connectivity index (χ0) is 16.3. The monoisotopic (exact) mass is 308 g/mol. The summed E-state index contributed by atoms with van der Waals surface area (Å²) < 4.78 is 18.6. The molecule has 2 amide bonds. The van der Waals surface area contributed by atoms with Gasteiger partial charge in [-0.2, -0.15) is 0 Å². The van der Waals surface area contributed by atoms with Crippen LogP contribution in [0.4, 0.5) is 4.39 Å². The van der Waals surface area contributed by atoms with Gasteiger partial charge in [-0.1, -0.05) is 0 Å². The van der Waals surface area contributed by atoms with E-state index in [0.717, 1.165) is 0 Å². The Balaban J connectivity index is 1.98. The van der Waals surface area contributed by atoms with Crippen LogP contribution in [-0.4, -0.2) is 35.4 Å². The van der Waals surface area contributed by atoms with Gasteiger partial charge in [0.1, 0.15) is 11.6 Å². The van der Waals surface area contributed by atoms with Gasteiger partial charge in [0.2, 0.25) is 5.91 Å². The Kier molecular flexibility index (Phi) is 4.68. The van der Waals surface area contributed by atoms with Crippen molar-refractivity contribution in [1.82, 2.24) is 4.90 Å². The summed E-state index contributed by atoms with van der Waals surface area (Å²) in [7, 11) is 0. The molecular formula is C16H21FN2O3. The maximum absolute atomic E-state index is 12.9. The summed E-state index contributed by atoms with van der Waals surface area (Å²) in [5, 5.41) is 0. The van der Waals surface area contributed by atoms with E-state index in [0.29, 0.717) is 31.7 Å². The molecule has 0 unspecified atom stereocenters. The first-order chi connectivity index (χ1) is 10.3. The maximum Gasteiger partial charge on any atom is 0.266 e. The average Bonchev–Trinajstić information content (AvgIpc) is 2.48. The molecule has 0 aliphatic carbocycles. The number of nitrogens with zero attached hydrogens (tertiary/aromatic N) is 1. The van der Waals surface area contributed by atoms with Crippen LogP contribution in [0.5, 0.6) is 5.75 Å². The van der Waals surface area contributed by atoms with Gasteiger partial charge in [0, 0.05) is 19.0 Å². The van der Waals surface area contributed by atoms with Gasteiger partial charge < -0.3 is 15.4 Å². The number of ether oxygens (including phenoxy) is 1. The molecule has 0 aromatic heterocycles. The van der Waals surface area contributed by atoms with E-state index < -0.39 is 5.60 Å². The first-order valence-corrected chi connectivity index (χ1v) is 7.33. The summed E-state index contributed by atoms with van der Waals surface area (Å²) in [5.41, 5.74) is 4.23. The smallest absolute Gasteiger partial charge is 0.266 e. The van der Waals surface area contributed by atoms with Gasteiger partial charge in [-0.25, -0.2) is 4.39 Å². The molecule has 2 N–H and O–H groups in total. The van der Waals surface area contributed by atoms with Gasteiger partial charge in [-0.05, 0) is 51.0 Å². The number of benzene rings is 1. The maximum atomic E-state index is 12.9. The van der Waals surface area contributed by atoms with E-state index >= 15 is 0 Å². The summed E-state index contributed by atoms with van der Waals surface area (Å²) in [6.45, 7) is 4.34. The number of piperidine rings is 1. The highest BCUT2D eigenvalue weighted by Gasteiger charge is 2.36. The van der Waals surface area contributed by atoms with Gasteiger partial charge >= 0.3 is 0 Å². The van der Waals surface area contributed by atoms with Crippen molar-refractivity contribution in [2.75, 3.05) is 13.1 Å². The molecule has 1 heterocycles. The molecule has 0 bridgehead atoms. The Morgan fingerprint density at radius 1 is 1.23 bits per heavy atom. The Hall–Kier alpha value is -2.11. The highest BCUT2D eigenvalue weighted by molar-refractivity contribution is 5.85. The largest absolute Gasteiger partial charge is 0.478 e. The minimum atomic E-state index is -1.06. The fourth-order valence-corrected chi connectivity index (χ4v) is 2.59. The van der Waals surface area contributed by atoms with Crippen molar-refractivity contribution in [3.63, 3.8) is 0 Å². The second-order valence-corrected chi connectivity index (χ2v) is 6.04. The molecule has 0 radical (unpaired) electrons. The number of halogens is 1. The predicted molar refractivity (Wildman–Crippen MR) is 79.6 cm³/mol. The van der Waals surface area contributed by atoms with E-state index in [1.54, 1.807) is 18.7 Å². The molecule has 1 aromatic carbocycles. The number of carbonyl (C=O) groups is 2. The highest BCUT2D eigenvalue weighted by Crippen LogP contribution is 2.24. The molecule has 0 atom stereocenters. The second-order valence-electron chi connectivity index (χ2n) is 6.04. The first-order valence-electron chi connectivity index (χ1n) is 7.33. The minimum absolute atomic E-state index is 0.153. The lowest BCUT2D eigenvalue weighted by Gasteiger charge is -2.36. The van der Waals surface area contributed by atoms with Crippen LogP contribution in [0, 0.1) is 11.7 Å². The molecule has 0 saturated carbocycles. The predicted octanol–water partition coefficient (Wildman–Crippen LogP) is 1.71. The van der Waals surface area contributed by atoms with Crippen molar-refractivity contribution in [2.45, 2.75) is 32.3 Å². The van der Waals surface area contributed by atoms with Crippen LogP contribution < -0.4 is 10.5 Å². The van der Waals surface area contributed by atoms with Gasteiger partial charge in [-0.15, -0.1) is 0 Å². The van der Waals surface area contributed by atoms with Crippen LogP contribution in [0.25, 0.3) is 0 Å². The Morgan fingerprint density at radius 3 is 2.27 bits per heavy atom. The molecule has 1 aromatic rings. The number of primary amides is 1. The van der Waals surface area contributed by atoms with E-state index in [4.69, 9.17) is 10.5 Å². The molecule has 1 saturated heterocycles.